The van der Waals surface area contributed by atoms with Gasteiger partial charge in [-0.3, -0.25) is 14.5 Å². The molecule has 0 rings (SSSR count). The van der Waals surface area contributed by atoms with Crippen molar-refractivity contribution in [2.75, 3.05) is 20.7 Å². The molecule has 1 atom stereocenters. The first kappa shape index (κ1) is 27.8. The number of nitrogens with zero attached hydrogens (tertiary/aromatic N) is 1. The molecular formula is C24H45NO4. The van der Waals surface area contributed by atoms with Gasteiger partial charge in [-0.25, -0.2) is 0 Å². The Hall–Kier alpha value is -1.20. The van der Waals surface area contributed by atoms with Crippen LogP contribution in [0.3, 0.4) is 0 Å². The summed E-state index contributed by atoms with van der Waals surface area (Å²) in [5.41, 5.74) is 0. The molecule has 0 aliphatic heterocycles. The monoisotopic (exact) mass is 411 g/mol. The van der Waals surface area contributed by atoms with Crippen LogP contribution in [0.4, 0.5) is 0 Å². The van der Waals surface area contributed by atoms with Gasteiger partial charge < -0.3 is 9.47 Å². The van der Waals surface area contributed by atoms with E-state index >= 15 is 0 Å². The Morgan fingerprint density at radius 3 is 1.90 bits per heavy atom. The lowest BCUT2D eigenvalue weighted by molar-refractivity contribution is -0.161. The largest absolute Gasteiger partial charge is 0.392 e. The molecule has 5 heteroatoms. The van der Waals surface area contributed by atoms with Gasteiger partial charge in [-0.05, 0) is 46.1 Å². The highest BCUT2D eigenvalue weighted by molar-refractivity contribution is 5.86. The summed E-state index contributed by atoms with van der Waals surface area (Å²) in [6, 6.07) is 0. The fourth-order valence-electron chi connectivity index (χ4n) is 3.06. The van der Waals surface area contributed by atoms with Crippen molar-refractivity contribution in [3.8, 4) is 0 Å². The fraction of sp³-hybridized carbons (Fsp3) is 0.833. The average molecular weight is 412 g/mol. The number of ether oxygens (including phenoxy) is 2. The van der Waals surface area contributed by atoms with Crippen LogP contribution in [-0.2, 0) is 19.1 Å². The molecule has 0 aromatic carbocycles. The molecular weight excluding hydrogens is 366 g/mol. The normalized spacial score (nSPS) is 12.6. The van der Waals surface area contributed by atoms with Gasteiger partial charge in [-0.2, -0.15) is 0 Å². The van der Waals surface area contributed by atoms with Crippen molar-refractivity contribution in [3.63, 3.8) is 0 Å². The molecule has 0 N–H and O–H groups in total. The molecule has 0 heterocycles. The predicted octanol–water partition coefficient (Wildman–Crippen LogP) is 6.02. The molecule has 0 radical (unpaired) electrons. The molecule has 29 heavy (non-hydrogen) atoms. The van der Waals surface area contributed by atoms with E-state index in [4.69, 9.17) is 9.47 Å². The average Bonchev–Trinajstić information content (AvgIpc) is 2.69. The maximum absolute atomic E-state index is 11.7. The van der Waals surface area contributed by atoms with Crippen molar-refractivity contribution < 1.29 is 19.1 Å². The van der Waals surface area contributed by atoms with Crippen molar-refractivity contribution in [3.05, 3.63) is 12.2 Å². The maximum Gasteiger partial charge on any atom is 0.327 e. The molecule has 0 saturated heterocycles. The topological polar surface area (TPSA) is 55.8 Å². The second kappa shape index (κ2) is 20.1. The Morgan fingerprint density at radius 1 is 0.828 bits per heavy atom. The van der Waals surface area contributed by atoms with Crippen molar-refractivity contribution in [1.82, 2.24) is 4.90 Å². The van der Waals surface area contributed by atoms with Crippen LogP contribution < -0.4 is 0 Å². The van der Waals surface area contributed by atoms with E-state index in [0.29, 0.717) is 6.42 Å². The van der Waals surface area contributed by atoms with E-state index in [0.717, 1.165) is 25.7 Å². The van der Waals surface area contributed by atoms with Gasteiger partial charge in [0.1, 0.15) is 6.23 Å². The quantitative estimate of drug-likeness (QED) is 0.0855. The highest BCUT2D eigenvalue weighted by Gasteiger charge is 2.16. The number of methoxy groups -OCH3 is 1. The molecule has 170 valence electrons. The van der Waals surface area contributed by atoms with Gasteiger partial charge in [-0.15, -0.1) is 0 Å². The molecule has 0 amide bonds. The van der Waals surface area contributed by atoms with Crippen LogP contribution >= 0.6 is 0 Å². The van der Waals surface area contributed by atoms with E-state index in [1.165, 1.54) is 57.8 Å². The molecule has 5 nitrogen and oxygen atoms in total. The molecule has 0 aromatic heterocycles. The van der Waals surface area contributed by atoms with Gasteiger partial charge >= 0.3 is 11.9 Å². The molecule has 1 unspecified atom stereocenters. The Labute approximate surface area is 179 Å². The summed E-state index contributed by atoms with van der Waals surface area (Å²) in [6.45, 7) is 4.14. The van der Waals surface area contributed by atoms with Crippen molar-refractivity contribution in [2.45, 2.75) is 110 Å². The van der Waals surface area contributed by atoms with Crippen LogP contribution in [0.15, 0.2) is 12.2 Å². The lowest BCUT2D eigenvalue weighted by Crippen LogP contribution is -2.36. The lowest BCUT2D eigenvalue weighted by atomic mass is 10.1. The summed E-state index contributed by atoms with van der Waals surface area (Å²) in [5.74, 6) is -0.944. The van der Waals surface area contributed by atoms with Crippen molar-refractivity contribution in [2.24, 2.45) is 0 Å². The zero-order valence-electron chi connectivity index (χ0n) is 19.4. The number of carbonyl (C=O) groups excluding carboxylic acids is 2. The standard InChI is InChI=1S/C24H45NO4/c1-5-6-7-8-9-10-11-12-13-14-15-16-17-18-19-20-23(26)29-24(27)21-25(3)22(2)28-4/h12-13,22H,5-11,14-21H2,1-4H3. The first-order valence-electron chi connectivity index (χ1n) is 11.6. The number of carbonyl (C=O) groups is 2. The van der Waals surface area contributed by atoms with E-state index in [9.17, 15) is 9.59 Å². The third-order valence-electron chi connectivity index (χ3n) is 5.21. The highest BCUT2D eigenvalue weighted by atomic mass is 16.6. The van der Waals surface area contributed by atoms with Crippen LogP contribution in [0.1, 0.15) is 104 Å². The van der Waals surface area contributed by atoms with Crippen LogP contribution in [0.5, 0.6) is 0 Å². The number of hydrogen-bond acceptors (Lipinski definition) is 5. The van der Waals surface area contributed by atoms with Crippen LogP contribution in [0, 0.1) is 0 Å². The number of esters is 2. The van der Waals surface area contributed by atoms with Crippen LogP contribution in [-0.4, -0.2) is 43.8 Å². The fourth-order valence-corrected chi connectivity index (χ4v) is 3.06. The summed E-state index contributed by atoms with van der Waals surface area (Å²) in [6.07, 6.45) is 20.6. The number of rotatable bonds is 19. The summed E-state index contributed by atoms with van der Waals surface area (Å²) in [4.78, 5) is 25.1. The van der Waals surface area contributed by atoms with E-state index in [2.05, 4.69) is 19.1 Å². The Kier molecular flexibility index (Phi) is 19.3. The number of likely N-dealkylation sites (N-methyl/N-ethyl adjacent to an activating group) is 1. The first-order valence-corrected chi connectivity index (χ1v) is 11.6. The molecule has 0 spiro atoms. The summed E-state index contributed by atoms with van der Waals surface area (Å²) in [5, 5.41) is 0. The molecule has 0 fully saturated rings. The van der Waals surface area contributed by atoms with E-state index < -0.39 is 11.9 Å². The second-order valence-electron chi connectivity index (χ2n) is 7.93. The SMILES string of the molecule is CCCCCCCCC=CCCCCCCCC(=O)OC(=O)CN(C)C(C)OC. The van der Waals surface area contributed by atoms with Gasteiger partial charge in [0.15, 0.2) is 0 Å². The van der Waals surface area contributed by atoms with Crippen molar-refractivity contribution in [1.29, 1.82) is 0 Å². The zero-order valence-corrected chi connectivity index (χ0v) is 19.4. The van der Waals surface area contributed by atoms with Gasteiger partial charge in [0.05, 0.1) is 6.54 Å². The summed E-state index contributed by atoms with van der Waals surface area (Å²) in [7, 11) is 3.33. The Balaban J connectivity index is 3.46. The van der Waals surface area contributed by atoms with Crippen LogP contribution in [0.25, 0.3) is 0 Å². The first-order chi connectivity index (χ1) is 14.0. The molecule has 0 aromatic rings. The van der Waals surface area contributed by atoms with Crippen molar-refractivity contribution >= 4 is 11.9 Å². The lowest BCUT2D eigenvalue weighted by Gasteiger charge is -2.21. The summed E-state index contributed by atoms with van der Waals surface area (Å²) >= 11 is 0. The molecule has 0 aliphatic carbocycles. The van der Waals surface area contributed by atoms with E-state index in [1.54, 1.807) is 19.1 Å². The Morgan fingerprint density at radius 2 is 1.34 bits per heavy atom. The number of allylic oxidation sites excluding steroid dienone is 2. The molecule has 0 bridgehead atoms. The third kappa shape index (κ3) is 18.6. The smallest absolute Gasteiger partial charge is 0.327 e. The van der Waals surface area contributed by atoms with E-state index in [1.807, 2.05) is 6.92 Å². The predicted molar refractivity (Wildman–Crippen MR) is 120 cm³/mol. The van der Waals surface area contributed by atoms with Gasteiger partial charge in [0.25, 0.3) is 0 Å². The van der Waals surface area contributed by atoms with E-state index in [-0.39, 0.29) is 12.8 Å². The molecule has 0 saturated carbocycles. The van der Waals surface area contributed by atoms with Gasteiger partial charge in [-0.1, -0.05) is 70.4 Å². The minimum Gasteiger partial charge on any atom is -0.392 e. The second-order valence-corrected chi connectivity index (χ2v) is 7.93. The number of hydrogen-bond donors (Lipinski definition) is 0. The van der Waals surface area contributed by atoms with Gasteiger partial charge in [0.2, 0.25) is 0 Å². The maximum atomic E-state index is 11.7. The number of unbranched alkanes of at least 4 members (excludes halogenated alkanes) is 11. The summed E-state index contributed by atoms with van der Waals surface area (Å²) < 4.78 is 9.96. The minimum atomic E-state index is -0.519. The third-order valence-corrected chi connectivity index (χ3v) is 5.21. The van der Waals surface area contributed by atoms with Gasteiger partial charge in [0, 0.05) is 13.5 Å². The minimum absolute atomic E-state index is 0.0487. The zero-order chi connectivity index (χ0) is 21.7. The highest BCUT2D eigenvalue weighted by Crippen LogP contribution is 2.10. The molecule has 0 aliphatic rings. The van der Waals surface area contributed by atoms with Crippen LogP contribution in [0.2, 0.25) is 0 Å². The Bertz CT molecular complexity index is 437.